The molecule has 248 valence electrons. The Bertz CT molecular complexity index is 1820. The predicted molar refractivity (Wildman–Crippen MR) is 181 cm³/mol. The van der Waals surface area contributed by atoms with Crippen molar-refractivity contribution in [3.63, 3.8) is 0 Å². The van der Waals surface area contributed by atoms with Crippen molar-refractivity contribution in [1.29, 1.82) is 0 Å². The highest BCUT2D eigenvalue weighted by Gasteiger charge is 2.69. The number of carbonyl (C=O) groups is 4. The van der Waals surface area contributed by atoms with Gasteiger partial charge in [0.05, 0.1) is 0 Å². The highest BCUT2D eigenvalue weighted by Crippen LogP contribution is 2.33. The topological polar surface area (TPSA) is 184 Å². The fraction of sp³-hybridized carbons (Fsp3) is 0.189. The summed E-state index contributed by atoms with van der Waals surface area (Å²) in [5.41, 5.74) is -1.55. The number of hydrogen-bond acceptors (Lipinski definition) is 9. The Morgan fingerprint density at radius 1 is 0.708 bits per heavy atom. The van der Waals surface area contributed by atoms with E-state index in [0.717, 1.165) is 41.8 Å². The summed E-state index contributed by atoms with van der Waals surface area (Å²) < 4.78 is 6.24. The largest absolute Gasteiger partial charge is 0.484 e. The lowest BCUT2D eigenvalue weighted by atomic mass is 9.73. The van der Waals surface area contributed by atoms with Crippen LogP contribution in [0, 0.1) is 13.8 Å². The zero-order valence-electron chi connectivity index (χ0n) is 26.2. The van der Waals surface area contributed by atoms with Crippen LogP contribution < -0.4 is 10.5 Å². The number of carboxylic acids is 2. The molecule has 0 saturated heterocycles. The minimum atomic E-state index is -3.96. The number of Topliss-reactive ketones (excluding diaryl/α,β-unsaturated/α-hetero) is 2. The number of aliphatic hydroxyl groups is 2. The first-order chi connectivity index (χ1) is 22.8. The van der Waals surface area contributed by atoms with Crippen molar-refractivity contribution >= 4 is 45.6 Å². The summed E-state index contributed by atoms with van der Waals surface area (Å²) in [6.07, 6.45) is 0.856. The summed E-state index contributed by atoms with van der Waals surface area (Å²) in [6, 6.07) is 28.9. The van der Waals surface area contributed by atoms with Gasteiger partial charge in [-0.15, -0.1) is 11.3 Å². The summed E-state index contributed by atoms with van der Waals surface area (Å²) in [5.74, 6) is -7.09. The molecule has 0 aliphatic carbocycles. The maximum atomic E-state index is 12.8. The third-order valence-corrected chi connectivity index (χ3v) is 8.70. The molecule has 5 aromatic rings. The third-order valence-electron chi connectivity index (χ3n) is 7.74. The SMILES string of the molecule is Cc1ccc(C(=O)C(O)(C(=O)O)C(O)(C(=O)O)C(=O)c2ccc(C)cc2)cc1.NCCC(Oc1cccc2ccccc12)c1cccs1. The summed E-state index contributed by atoms with van der Waals surface area (Å²) in [5, 5.41) is 44.7. The van der Waals surface area contributed by atoms with Gasteiger partial charge in [0.25, 0.3) is 11.2 Å². The van der Waals surface area contributed by atoms with Crippen LogP contribution in [0.3, 0.4) is 0 Å². The van der Waals surface area contributed by atoms with Gasteiger partial charge in [-0.2, -0.15) is 0 Å². The molecule has 4 aromatic carbocycles. The van der Waals surface area contributed by atoms with E-state index in [2.05, 4.69) is 35.7 Å². The number of carboxylic acid groups (broad SMARTS) is 2. The lowest BCUT2D eigenvalue weighted by Gasteiger charge is -2.34. The van der Waals surface area contributed by atoms with Crippen molar-refractivity contribution in [2.75, 3.05) is 6.54 Å². The lowest BCUT2D eigenvalue weighted by Crippen LogP contribution is -2.71. The van der Waals surface area contributed by atoms with E-state index in [4.69, 9.17) is 10.5 Å². The van der Waals surface area contributed by atoms with Crippen molar-refractivity contribution in [2.45, 2.75) is 37.6 Å². The molecule has 10 nitrogen and oxygen atoms in total. The minimum Gasteiger partial charge on any atom is -0.484 e. The van der Waals surface area contributed by atoms with Gasteiger partial charge < -0.3 is 30.9 Å². The minimum absolute atomic E-state index is 0.0332. The Kier molecular flexibility index (Phi) is 11.2. The molecule has 3 atom stereocenters. The third kappa shape index (κ3) is 7.19. The van der Waals surface area contributed by atoms with E-state index in [1.165, 1.54) is 34.5 Å². The van der Waals surface area contributed by atoms with E-state index in [-0.39, 0.29) is 17.2 Å². The second kappa shape index (κ2) is 15.1. The smallest absolute Gasteiger partial charge is 0.348 e. The van der Waals surface area contributed by atoms with Gasteiger partial charge in [0.2, 0.25) is 11.6 Å². The van der Waals surface area contributed by atoms with Gasteiger partial charge in [-0.3, -0.25) is 9.59 Å². The molecule has 48 heavy (non-hydrogen) atoms. The number of benzene rings is 4. The molecular weight excluding hydrogens is 634 g/mol. The Labute approximate surface area is 280 Å². The first kappa shape index (κ1) is 35.7. The molecule has 0 amide bonds. The number of aryl methyl sites for hydroxylation is 2. The highest BCUT2D eigenvalue weighted by atomic mass is 32.1. The second-order valence-electron chi connectivity index (χ2n) is 11.1. The van der Waals surface area contributed by atoms with Crippen LogP contribution >= 0.6 is 11.3 Å². The van der Waals surface area contributed by atoms with Gasteiger partial charge in [-0.05, 0) is 43.3 Å². The molecule has 0 bridgehead atoms. The molecular formula is C37H35NO9S. The standard InChI is InChI=1S/C20H18O8.C17H17NOS/c1-11-3-7-13(8-4-11)15(21)19(27,17(23)24)20(28,18(25)26)16(22)14-9-5-12(2)6-10-14;18-11-10-16(17-9-4-12-20-17)19-15-8-3-6-13-5-1-2-7-14(13)15/h3-10,27-28H,1-2H3,(H,23,24)(H,25,26);1-9,12,16H,10-11,18H2. The van der Waals surface area contributed by atoms with E-state index >= 15 is 0 Å². The van der Waals surface area contributed by atoms with Gasteiger partial charge in [0.1, 0.15) is 11.9 Å². The molecule has 11 heteroatoms. The molecule has 1 heterocycles. The normalized spacial score (nSPS) is 14.0. The Morgan fingerprint density at radius 2 is 1.21 bits per heavy atom. The first-order valence-corrected chi connectivity index (χ1v) is 15.7. The predicted octanol–water partition coefficient (Wildman–Crippen LogP) is 5.37. The van der Waals surface area contributed by atoms with Crippen LogP contribution in [0.25, 0.3) is 10.8 Å². The number of ether oxygens (including phenoxy) is 1. The van der Waals surface area contributed by atoms with Crippen molar-refractivity contribution < 1.29 is 44.3 Å². The van der Waals surface area contributed by atoms with Crippen LogP contribution in [0.4, 0.5) is 0 Å². The number of ketones is 2. The van der Waals surface area contributed by atoms with Crippen LogP contribution in [0.1, 0.15) is 49.2 Å². The quantitative estimate of drug-likeness (QED) is 0.0855. The van der Waals surface area contributed by atoms with Crippen LogP contribution in [-0.2, 0) is 9.59 Å². The van der Waals surface area contributed by atoms with E-state index in [9.17, 15) is 39.6 Å². The first-order valence-electron chi connectivity index (χ1n) is 14.9. The van der Waals surface area contributed by atoms with Crippen LogP contribution in [-0.4, -0.2) is 61.7 Å². The monoisotopic (exact) mass is 669 g/mol. The lowest BCUT2D eigenvalue weighted by molar-refractivity contribution is -0.187. The molecule has 0 aliphatic rings. The van der Waals surface area contributed by atoms with Crippen molar-refractivity contribution in [2.24, 2.45) is 5.73 Å². The maximum absolute atomic E-state index is 12.8. The zero-order valence-corrected chi connectivity index (χ0v) is 27.0. The van der Waals surface area contributed by atoms with Crippen LogP contribution in [0.2, 0.25) is 0 Å². The molecule has 0 spiro atoms. The number of rotatable bonds is 12. The zero-order chi connectivity index (χ0) is 35.1. The number of thiophene rings is 1. The van der Waals surface area contributed by atoms with Crippen molar-refractivity contribution in [1.82, 2.24) is 0 Å². The second-order valence-corrected chi connectivity index (χ2v) is 12.1. The molecule has 3 unspecified atom stereocenters. The maximum Gasteiger partial charge on any atom is 0.348 e. The Morgan fingerprint density at radius 3 is 1.67 bits per heavy atom. The van der Waals surface area contributed by atoms with Gasteiger partial charge in [0.15, 0.2) is 0 Å². The van der Waals surface area contributed by atoms with Crippen LogP contribution in [0.15, 0.2) is 109 Å². The van der Waals surface area contributed by atoms with E-state index in [1.807, 2.05) is 24.3 Å². The van der Waals surface area contributed by atoms with Crippen LogP contribution in [0.5, 0.6) is 5.75 Å². The summed E-state index contributed by atoms with van der Waals surface area (Å²) in [7, 11) is 0. The summed E-state index contributed by atoms with van der Waals surface area (Å²) in [6.45, 7) is 3.99. The Hall–Kier alpha value is -5.20. The van der Waals surface area contributed by atoms with Gasteiger partial charge in [-0.1, -0.05) is 102 Å². The molecule has 1 aromatic heterocycles. The van der Waals surface area contributed by atoms with E-state index in [1.54, 1.807) is 25.2 Å². The number of carbonyl (C=O) groups excluding carboxylic acids is 2. The van der Waals surface area contributed by atoms with Gasteiger partial charge >= 0.3 is 11.9 Å². The average Bonchev–Trinajstić information content (AvgIpc) is 3.63. The molecule has 5 rings (SSSR count). The average molecular weight is 670 g/mol. The molecule has 0 saturated carbocycles. The number of fused-ring (bicyclic) bond motifs is 1. The van der Waals surface area contributed by atoms with E-state index in [0.29, 0.717) is 17.7 Å². The van der Waals surface area contributed by atoms with Gasteiger partial charge in [0, 0.05) is 27.8 Å². The Balaban J connectivity index is 0.000000228. The number of nitrogens with two attached hydrogens (primary N) is 1. The van der Waals surface area contributed by atoms with Crippen molar-refractivity contribution in [3.05, 3.63) is 136 Å². The highest BCUT2D eigenvalue weighted by molar-refractivity contribution is 7.10. The summed E-state index contributed by atoms with van der Waals surface area (Å²) >= 11 is 1.72. The van der Waals surface area contributed by atoms with Gasteiger partial charge in [-0.25, -0.2) is 9.59 Å². The molecule has 0 aliphatic heterocycles. The molecule has 0 radical (unpaired) electrons. The molecule has 6 N–H and O–H groups in total. The summed E-state index contributed by atoms with van der Waals surface area (Å²) in [4.78, 5) is 50.3. The number of hydrogen-bond donors (Lipinski definition) is 5. The van der Waals surface area contributed by atoms with E-state index < -0.39 is 34.7 Å². The fourth-order valence-electron chi connectivity index (χ4n) is 5.00. The number of aliphatic carboxylic acids is 2. The molecule has 0 fully saturated rings. The fourth-order valence-corrected chi connectivity index (χ4v) is 5.79. The van der Waals surface area contributed by atoms with Crippen molar-refractivity contribution in [3.8, 4) is 5.75 Å².